The van der Waals surface area contributed by atoms with Gasteiger partial charge in [-0.25, -0.2) is 13.8 Å². The van der Waals surface area contributed by atoms with E-state index in [2.05, 4.69) is 9.98 Å². The van der Waals surface area contributed by atoms with Gasteiger partial charge in [0, 0.05) is 16.1 Å². The van der Waals surface area contributed by atoms with Crippen molar-refractivity contribution < 1.29 is 18.0 Å². The van der Waals surface area contributed by atoms with E-state index in [1.54, 1.807) is 68.4 Å². The van der Waals surface area contributed by atoms with Crippen LogP contribution in [0.3, 0.4) is 0 Å². The molecule has 176 valence electrons. The van der Waals surface area contributed by atoms with Crippen LogP contribution < -0.4 is 4.90 Å². The SMILES string of the molecule is Cc1oc(-c2ccccc2F)nc1CN1C(=O)C(C)N=C(c2ccccc2F)c2cc(Cl)ccc21. The summed E-state index contributed by atoms with van der Waals surface area (Å²) in [6.07, 6.45) is 0. The summed E-state index contributed by atoms with van der Waals surface area (Å²) in [5.74, 6) is -0.617. The number of benzene rings is 3. The standard InChI is InChI=1S/C27H20ClF2N3O2/c1-15-27(34)33(14-23-16(2)35-26(32-23)19-8-4-6-10-22(19)30)24-12-11-17(28)13-20(24)25(31-15)18-7-3-5-9-21(18)29/h3-13,15H,14H2,1-2H3. The molecule has 1 unspecified atom stereocenters. The van der Waals surface area contributed by atoms with Crippen molar-refractivity contribution in [3.63, 3.8) is 0 Å². The first kappa shape index (κ1) is 22.9. The predicted octanol–water partition coefficient (Wildman–Crippen LogP) is 6.35. The molecule has 1 aliphatic heterocycles. The number of aliphatic imine (C=N–C) groups is 1. The Labute approximate surface area is 205 Å². The molecule has 35 heavy (non-hydrogen) atoms. The second-order valence-electron chi connectivity index (χ2n) is 8.22. The summed E-state index contributed by atoms with van der Waals surface area (Å²) in [4.78, 5) is 24.1. The summed E-state index contributed by atoms with van der Waals surface area (Å²) < 4.78 is 34.8. The normalized spacial score (nSPS) is 15.6. The summed E-state index contributed by atoms with van der Waals surface area (Å²) in [6, 6.07) is 16.7. The second kappa shape index (κ2) is 9.07. The van der Waals surface area contributed by atoms with Gasteiger partial charge in [-0.05, 0) is 56.3 Å². The number of aromatic nitrogens is 1. The van der Waals surface area contributed by atoms with E-state index >= 15 is 0 Å². The molecule has 0 saturated heterocycles. The fourth-order valence-corrected chi connectivity index (χ4v) is 4.27. The number of fused-ring (bicyclic) bond motifs is 1. The molecule has 0 aliphatic carbocycles. The number of benzodiazepines with no additional fused rings is 1. The van der Waals surface area contributed by atoms with Crippen molar-refractivity contribution in [3.8, 4) is 11.5 Å². The molecular weight excluding hydrogens is 472 g/mol. The van der Waals surface area contributed by atoms with Crippen LogP contribution >= 0.6 is 11.6 Å². The third-order valence-corrected chi connectivity index (χ3v) is 6.12. The van der Waals surface area contributed by atoms with Gasteiger partial charge in [-0.2, -0.15) is 0 Å². The van der Waals surface area contributed by atoms with Gasteiger partial charge < -0.3 is 9.32 Å². The third-order valence-electron chi connectivity index (χ3n) is 5.88. The first-order valence-corrected chi connectivity index (χ1v) is 11.4. The molecule has 5 nitrogen and oxygen atoms in total. The Morgan fingerprint density at radius 3 is 2.31 bits per heavy atom. The number of nitrogens with zero attached hydrogens (tertiary/aromatic N) is 3. The van der Waals surface area contributed by atoms with Crippen molar-refractivity contribution in [2.45, 2.75) is 26.4 Å². The van der Waals surface area contributed by atoms with Crippen molar-refractivity contribution >= 4 is 28.9 Å². The van der Waals surface area contributed by atoms with Gasteiger partial charge in [0.25, 0.3) is 5.91 Å². The van der Waals surface area contributed by atoms with Gasteiger partial charge in [0.2, 0.25) is 5.89 Å². The van der Waals surface area contributed by atoms with Crippen molar-refractivity contribution in [3.05, 3.63) is 106 Å². The fraction of sp³-hybridized carbons (Fsp3) is 0.148. The highest BCUT2D eigenvalue weighted by Gasteiger charge is 2.32. The number of hydrogen-bond donors (Lipinski definition) is 0. The van der Waals surface area contributed by atoms with Crippen LogP contribution in [0, 0.1) is 18.6 Å². The minimum atomic E-state index is -0.797. The summed E-state index contributed by atoms with van der Waals surface area (Å²) in [5.41, 5.74) is 2.36. The third kappa shape index (κ3) is 4.23. The molecule has 2 heterocycles. The van der Waals surface area contributed by atoms with Crippen LogP contribution in [0.4, 0.5) is 14.5 Å². The van der Waals surface area contributed by atoms with Gasteiger partial charge in [-0.3, -0.25) is 9.79 Å². The fourth-order valence-electron chi connectivity index (χ4n) is 4.10. The number of anilines is 1. The molecule has 1 aliphatic rings. The summed E-state index contributed by atoms with van der Waals surface area (Å²) in [5, 5.41) is 0.425. The largest absolute Gasteiger partial charge is 0.441 e. The van der Waals surface area contributed by atoms with E-state index < -0.39 is 17.7 Å². The van der Waals surface area contributed by atoms with Crippen molar-refractivity contribution in [1.82, 2.24) is 4.98 Å². The van der Waals surface area contributed by atoms with Crippen LogP contribution in [-0.4, -0.2) is 22.6 Å². The number of halogens is 3. The van der Waals surface area contributed by atoms with E-state index in [1.807, 2.05) is 0 Å². The molecular formula is C27H20ClF2N3O2. The Hall–Kier alpha value is -3.84. The van der Waals surface area contributed by atoms with E-state index in [1.165, 1.54) is 17.0 Å². The molecule has 0 spiro atoms. The zero-order chi connectivity index (χ0) is 24.7. The van der Waals surface area contributed by atoms with Crippen LogP contribution in [0.5, 0.6) is 0 Å². The Morgan fingerprint density at radius 1 is 0.971 bits per heavy atom. The zero-order valence-electron chi connectivity index (χ0n) is 18.9. The van der Waals surface area contributed by atoms with Gasteiger partial charge in [-0.1, -0.05) is 35.9 Å². The lowest BCUT2D eigenvalue weighted by molar-refractivity contribution is -0.119. The van der Waals surface area contributed by atoms with E-state index in [4.69, 9.17) is 16.0 Å². The van der Waals surface area contributed by atoms with E-state index in [-0.39, 0.29) is 29.5 Å². The van der Waals surface area contributed by atoms with Gasteiger partial charge in [-0.15, -0.1) is 0 Å². The van der Waals surface area contributed by atoms with Gasteiger partial charge in [0.15, 0.2) is 0 Å². The van der Waals surface area contributed by atoms with Crippen molar-refractivity contribution in [2.24, 2.45) is 4.99 Å². The van der Waals surface area contributed by atoms with Crippen molar-refractivity contribution in [1.29, 1.82) is 0 Å². The molecule has 0 N–H and O–H groups in total. The molecule has 3 aromatic carbocycles. The lowest BCUT2D eigenvalue weighted by Crippen LogP contribution is -2.36. The first-order valence-electron chi connectivity index (χ1n) is 11.0. The number of amides is 1. The van der Waals surface area contributed by atoms with E-state index in [0.717, 1.165) is 0 Å². The quantitative estimate of drug-likeness (QED) is 0.334. The molecule has 1 amide bonds. The van der Waals surface area contributed by atoms with Crippen LogP contribution in [0.2, 0.25) is 5.02 Å². The highest BCUT2D eigenvalue weighted by Crippen LogP contribution is 2.33. The summed E-state index contributed by atoms with van der Waals surface area (Å²) >= 11 is 6.30. The zero-order valence-corrected chi connectivity index (χ0v) is 19.7. The molecule has 0 saturated carbocycles. The minimum absolute atomic E-state index is 0.0572. The Kier molecular flexibility index (Phi) is 5.94. The number of aryl methyl sites for hydroxylation is 1. The van der Waals surface area contributed by atoms with Gasteiger partial charge >= 0.3 is 0 Å². The molecule has 1 aromatic heterocycles. The Bertz CT molecular complexity index is 1480. The highest BCUT2D eigenvalue weighted by atomic mass is 35.5. The average Bonchev–Trinajstić information content (AvgIpc) is 3.17. The number of carbonyl (C=O) groups is 1. The maximum atomic E-state index is 14.8. The monoisotopic (exact) mass is 491 g/mol. The van der Waals surface area contributed by atoms with Crippen LogP contribution in [0.15, 0.2) is 76.1 Å². The molecule has 1 atom stereocenters. The molecule has 8 heteroatoms. The molecule has 0 fully saturated rings. The Balaban J connectivity index is 1.60. The van der Waals surface area contributed by atoms with Crippen LogP contribution in [-0.2, 0) is 11.3 Å². The van der Waals surface area contributed by atoms with Gasteiger partial charge in [0.05, 0.1) is 23.5 Å². The lowest BCUT2D eigenvalue weighted by atomic mass is 9.99. The number of rotatable bonds is 4. The van der Waals surface area contributed by atoms with Crippen LogP contribution in [0.25, 0.3) is 11.5 Å². The smallest absolute Gasteiger partial charge is 0.251 e. The molecule has 5 rings (SSSR count). The van der Waals surface area contributed by atoms with Gasteiger partial charge in [0.1, 0.15) is 29.1 Å². The number of carbonyl (C=O) groups excluding carboxylic acids is 1. The topological polar surface area (TPSA) is 58.7 Å². The number of oxazole rings is 1. The molecule has 4 aromatic rings. The van der Waals surface area contributed by atoms with E-state index in [9.17, 15) is 13.6 Å². The maximum Gasteiger partial charge on any atom is 0.251 e. The summed E-state index contributed by atoms with van der Waals surface area (Å²) in [7, 11) is 0. The second-order valence-corrected chi connectivity index (χ2v) is 8.66. The molecule has 0 bridgehead atoms. The minimum Gasteiger partial charge on any atom is -0.441 e. The van der Waals surface area contributed by atoms with Crippen molar-refractivity contribution in [2.75, 3.05) is 4.90 Å². The Morgan fingerprint density at radius 2 is 1.63 bits per heavy atom. The number of hydrogen-bond acceptors (Lipinski definition) is 4. The molecule has 0 radical (unpaired) electrons. The lowest BCUT2D eigenvalue weighted by Gasteiger charge is -2.24. The summed E-state index contributed by atoms with van der Waals surface area (Å²) in [6.45, 7) is 3.42. The first-order chi connectivity index (χ1) is 16.8. The maximum absolute atomic E-state index is 14.8. The average molecular weight is 492 g/mol. The van der Waals surface area contributed by atoms with E-state index in [0.29, 0.717) is 33.4 Å². The van der Waals surface area contributed by atoms with Crippen LogP contribution in [0.1, 0.15) is 29.5 Å². The predicted molar refractivity (Wildman–Crippen MR) is 131 cm³/mol. The highest BCUT2D eigenvalue weighted by molar-refractivity contribution is 6.32.